The smallest absolute Gasteiger partial charge is 0.257 e. The van der Waals surface area contributed by atoms with E-state index in [1.165, 1.54) is 0 Å². The van der Waals surface area contributed by atoms with E-state index >= 15 is 0 Å². The van der Waals surface area contributed by atoms with Crippen LogP contribution in [-0.4, -0.2) is 17.9 Å². The van der Waals surface area contributed by atoms with E-state index in [4.69, 9.17) is 4.42 Å². The van der Waals surface area contributed by atoms with Gasteiger partial charge in [-0.2, -0.15) is 0 Å². The topological polar surface area (TPSA) is 33.5 Å². The molecule has 0 aliphatic carbocycles. The van der Waals surface area contributed by atoms with Gasteiger partial charge in [0, 0.05) is 19.2 Å². The van der Waals surface area contributed by atoms with E-state index in [1.54, 1.807) is 4.90 Å². The molecule has 1 aromatic carbocycles. The Kier molecular flexibility index (Phi) is 3.74. The second-order valence-electron chi connectivity index (χ2n) is 4.86. The van der Waals surface area contributed by atoms with Crippen molar-refractivity contribution in [1.29, 1.82) is 0 Å². The minimum atomic E-state index is 0.00991. The first-order valence-electron chi connectivity index (χ1n) is 6.36. The summed E-state index contributed by atoms with van der Waals surface area (Å²) in [5, 5.41) is 0. The van der Waals surface area contributed by atoms with Crippen LogP contribution in [0.1, 0.15) is 33.0 Å². The summed E-state index contributed by atoms with van der Waals surface area (Å²) in [6, 6.07) is 9.96. The first-order chi connectivity index (χ1) is 9.00. The van der Waals surface area contributed by atoms with E-state index in [0.29, 0.717) is 17.9 Å². The summed E-state index contributed by atoms with van der Waals surface area (Å²) in [5.74, 6) is 1.52. The summed E-state index contributed by atoms with van der Waals surface area (Å²) in [6.45, 7) is 6.25. The van der Waals surface area contributed by atoms with Crippen molar-refractivity contribution in [2.24, 2.45) is 0 Å². The summed E-state index contributed by atoms with van der Waals surface area (Å²) in [5.41, 5.74) is 2.74. The molecule has 0 unspecified atom stereocenters. The molecule has 0 spiro atoms. The average Bonchev–Trinajstić information content (AvgIpc) is 2.63. The number of benzene rings is 1. The molecule has 1 amide bonds. The molecule has 1 heterocycles. The molecule has 0 fully saturated rings. The Labute approximate surface area is 113 Å². The Morgan fingerprint density at radius 2 is 1.74 bits per heavy atom. The minimum Gasteiger partial charge on any atom is -0.466 e. The van der Waals surface area contributed by atoms with Gasteiger partial charge in [-0.25, -0.2) is 0 Å². The van der Waals surface area contributed by atoms with Crippen LogP contribution in [-0.2, 0) is 6.54 Å². The Morgan fingerprint density at radius 1 is 1.11 bits per heavy atom. The third-order valence-corrected chi connectivity index (χ3v) is 3.38. The van der Waals surface area contributed by atoms with E-state index in [9.17, 15) is 4.79 Å². The lowest BCUT2D eigenvalue weighted by Crippen LogP contribution is -2.27. The third kappa shape index (κ3) is 2.70. The number of carbonyl (C=O) groups excluding carboxylic acids is 1. The van der Waals surface area contributed by atoms with Gasteiger partial charge >= 0.3 is 0 Å². The lowest BCUT2D eigenvalue weighted by Gasteiger charge is -2.17. The zero-order valence-electron chi connectivity index (χ0n) is 11.9. The number of rotatable bonds is 3. The van der Waals surface area contributed by atoms with E-state index in [2.05, 4.69) is 0 Å². The van der Waals surface area contributed by atoms with Crippen molar-refractivity contribution in [3.63, 3.8) is 0 Å². The van der Waals surface area contributed by atoms with Crippen LogP contribution in [0.2, 0.25) is 0 Å². The average molecular weight is 257 g/mol. The van der Waals surface area contributed by atoms with Gasteiger partial charge in [-0.15, -0.1) is 0 Å². The van der Waals surface area contributed by atoms with E-state index in [0.717, 1.165) is 16.9 Å². The third-order valence-electron chi connectivity index (χ3n) is 3.38. The molecule has 1 aromatic heterocycles. The van der Waals surface area contributed by atoms with Crippen LogP contribution >= 0.6 is 0 Å². The Balaban J connectivity index is 2.20. The molecule has 0 aliphatic rings. The summed E-state index contributed by atoms with van der Waals surface area (Å²) in [7, 11) is 1.82. The number of furan rings is 1. The zero-order valence-corrected chi connectivity index (χ0v) is 11.9. The minimum absolute atomic E-state index is 0.00991. The van der Waals surface area contributed by atoms with E-state index in [-0.39, 0.29) is 5.91 Å². The fourth-order valence-electron chi connectivity index (χ4n) is 2.23. The highest BCUT2D eigenvalue weighted by Gasteiger charge is 2.21. The van der Waals surface area contributed by atoms with Gasteiger partial charge in [0.05, 0.1) is 5.56 Å². The van der Waals surface area contributed by atoms with Crippen LogP contribution in [0.4, 0.5) is 0 Å². The number of nitrogens with zero attached hydrogens (tertiary/aromatic N) is 1. The van der Waals surface area contributed by atoms with Crippen molar-refractivity contribution in [3.8, 4) is 0 Å². The SMILES string of the molecule is Cc1oc(C)c(C(=O)N(C)Cc2ccccc2)c1C. The molecule has 2 aromatic rings. The molecule has 19 heavy (non-hydrogen) atoms. The molecule has 0 saturated carbocycles. The van der Waals surface area contributed by atoms with Crippen LogP contribution in [0.15, 0.2) is 34.7 Å². The van der Waals surface area contributed by atoms with Gasteiger partial charge in [0.25, 0.3) is 5.91 Å². The van der Waals surface area contributed by atoms with Crippen molar-refractivity contribution in [3.05, 3.63) is 58.5 Å². The normalized spacial score (nSPS) is 10.5. The van der Waals surface area contributed by atoms with Gasteiger partial charge in [0.2, 0.25) is 0 Å². The summed E-state index contributed by atoms with van der Waals surface area (Å²) in [4.78, 5) is 14.2. The standard InChI is InChI=1S/C16H19NO2/c1-11-12(2)19-13(3)15(11)16(18)17(4)10-14-8-6-5-7-9-14/h5-9H,10H2,1-4H3. The zero-order chi connectivity index (χ0) is 14.0. The molecule has 3 nitrogen and oxygen atoms in total. The highest BCUT2D eigenvalue weighted by molar-refractivity contribution is 5.96. The molecule has 0 N–H and O–H groups in total. The quantitative estimate of drug-likeness (QED) is 0.843. The van der Waals surface area contributed by atoms with Crippen molar-refractivity contribution < 1.29 is 9.21 Å². The number of hydrogen-bond acceptors (Lipinski definition) is 2. The van der Waals surface area contributed by atoms with Gasteiger partial charge < -0.3 is 9.32 Å². The van der Waals surface area contributed by atoms with Gasteiger partial charge in [-0.3, -0.25) is 4.79 Å². The molecule has 0 atom stereocenters. The van der Waals surface area contributed by atoms with Crippen molar-refractivity contribution in [1.82, 2.24) is 4.90 Å². The molecule has 100 valence electrons. The first-order valence-corrected chi connectivity index (χ1v) is 6.36. The number of carbonyl (C=O) groups is 1. The molecule has 0 aliphatic heterocycles. The fourth-order valence-corrected chi connectivity index (χ4v) is 2.23. The molecular formula is C16H19NO2. The Hall–Kier alpha value is -2.03. The van der Waals surface area contributed by atoms with Gasteiger partial charge in [0.15, 0.2) is 0 Å². The number of amides is 1. The van der Waals surface area contributed by atoms with Crippen molar-refractivity contribution in [2.45, 2.75) is 27.3 Å². The van der Waals surface area contributed by atoms with Crippen LogP contribution in [0, 0.1) is 20.8 Å². The monoisotopic (exact) mass is 257 g/mol. The van der Waals surface area contributed by atoms with Crippen LogP contribution in [0.25, 0.3) is 0 Å². The van der Waals surface area contributed by atoms with Crippen LogP contribution in [0.3, 0.4) is 0 Å². The molecule has 3 heteroatoms. The van der Waals surface area contributed by atoms with E-state index in [1.807, 2.05) is 58.2 Å². The molecule has 0 saturated heterocycles. The summed E-state index contributed by atoms with van der Waals surface area (Å²) >= 11 is 0. The van der Waals surface area contributed by atoms with Gasteiger partial charge in [0.1, 0.15) is 11.5 Å². The van der Waals surface area contributed by atoms with Gasteiger partial charge in [-0.05, 0) is 26.3 Å². The highest BCUT2D eigenvalue weighted by atomic mass is 16.3. The summed E-state index contributed by atoms with van der Waals surface area (Å²) in [6.07, 6.45) is 0. The van der Waals surface area contributed by atoms with Gasteiger partial charge in [-0.1, -0.05) is 30.3 Å². The second kappa shape index (κ2) is 5.31. The van der Waals surface area contributed by atoms with E-state index < -0.39 is 0 Å². The predicted octanol–water partition coefficient (Wildman–Crippen LogP) is 3.48. The number of aryl methyl sites for hydroxylation is 2. The molecule has 0 radical (unpaired) electrons. The van der Waals surface area contributed by atoms with Crippen molar-refractivity contribution >= 4 is 5.91 Å². The fraction of sp³-hybridized carbons (Fsp3) is 0.312. The molecule has 2 rings (SSSR count). The molecule has 0 bridgehead atoms. The van der Waals surface area contributed by atoms with Crippen LogP contribution in [0.5, 0.6) is 0 Å². The Morgan fingerprint density at radius 3 is 2.26 bits per heavy atom. The maximum absolute atomic E-state index is 12.5. The maximum Gasteiger partial charge on any atom is 0.257 e. The number of hydrogen-bond donors (Lipinski definition) is 0. The van der Waals surface area contributed by atoms with Crippen molar-refractivity contribution in [2.75, 3.05) is 7.05 Å². The highest BCUT2D eigenvalue weighted by Crippen LogP contribution is 2.22. The lowest BCUT2D eigenvalue weighted by atomic mass is 10.1. The Bertz CT molecular complexity index is 584. The maximum atomic E-state index is 12.5. The first kappa shape index (κ1) is 13.4. The van der Waals surface area contributed by atoms with Crippen LogP contribution < -0.4 is 0 Å². The molecular weight excluding hydrogens is 238 g/mol. The lowest BCUT2D eigenvalue weighted by molar-refractivity contribution is 0.0782. The second-order valence-corrected chi connectivity index (χ2v) is 4.86. The predicted molar refractivity (Wildman–Crippen MR) is 75.2 cm³/mol. The summed E-state index contributed by atoms with van der Waals surface area (Å²) < 4.78 is 5.52. The largest absolute Gasteiger partial charge is 0.466 e.